The van der Waals surface area contributed by atoms with Crippen LogP contribution in [0, 0.1) is 11.8 Å². The smallest absolute Gasteiger partial charge is 0.255 e. The first-order valence-electron chi connectivity index (χ1n) is 8.35. The molecule has 2 fully saturated rings. The number of halogens is 1. The Balaban J connectivity index is 1.52. The zero-order valence-corrected chi connectivity index (χ0v) is 14.2. The molecule has 2 N–H and O–H groups in total. The standard InChI is InChI=1S/C17H22ClN3O3/c18-13-8-12(9-20-10-13)17(23)21-4-1-11(2-5-21)7-15-14(16(19)22)3-6-24-15/h8-11,14-15H,1-7H2,(H2,19,22)/t14-,15-/m1/s1. The molecule has 0 bridgehead atoms. The molecule has 3 heterocycles. The highest BCUT2D eigenvalue weighted by Crippen LogP contribution is 2.31. The highest BCUT2D eigenvalue weighted by molar-refractivity contribution is 6.30. The first kappa shape index (κ1) is 17.2. The van der Waals surface area contributed by atoms with Gasteiger partial charge in [-0.2, -0.15) is 0 Å². The van der Waals surface area contributed by atoms with Crippen LogP contribution in [-0.4, -0.2) is 47.5 Å². The van der Waals surface area contributed by atoms with Gasteiger partial charge in [0, 0.05) is 32.1 Å². The Morgan fingerprint density at radius 1 is 1.29 bits per heavy atom. The number of ether oxygens (including phenoxy) is 1. The third-order valence-corrected chi connectivity index (χ3v) is 5.20. The molecule has 2 aliphatic rings. The number of nitrogens with zero attached hydrogens (tertiary/aromatic N) is 2. The Hall–Kier alpha value is -1.66. The number of carbonyl (C=O) groups is 2. The number of rotatable bonds is 4. The minimum absolute atomic E-state index is 0.0319. The van der Waals surface area contributed by atoms with Gasteiger partial charge in [0.25, 0.3) is 5.91 Å². The number of hydrogen-bond donors (Lipinski definition) is 1. The molecule has 7 heteroatoms. The van der Waals surface area contributed by atoms with Crippen molar-refractivity contribution >= 4 is 23.4 Å². The van der Waals surface area contributed by atoms with Crippen LogP contribution in [0.4, 0.5) is 0 Å². The Kier molecular flexibility index (Phi) is 5.36. The van der Waals surface area contributed by atoms with Gasteiger partial charge in [-0.05, 0) is 37.7 Å². The zero-order valence-electron chi connectivity index (χ0n) is 13.5. The molecule has 24 heavy (non-hydrogen) atoms. The maximum atomic E-state index is 12.5. The number of amides is 2. The molecular formula is C17H22ClN3O3. The lowest BCUT2D eigenvalue weighted by molar-refractivity contribution is -0.123. The maximum absolute atomic E-state index is 12.5. The second kappa shape index (κ2) is 7.49. The Morgan fingerprint density at radius 2 is 2.04 bits per heavy atom. The van der Waals surface area contributed by atoms with Crippen molar-refractivity contribution in [3.05, 3.63) is 29.0 Å². The molecule has 0 aromatic carbocycles. The fourth-order valence-electron chi connectivity index (χ4n) is 3.62. The molecule has 1 aromatic heterocycles. The van der Waals surface area contributed by atoms with Crippen LogP contribution in [-0.2, 0) is 9.53 Å². The first-order chi connectivity index (χ1) is 11.5. The topological polar surface area (TPSA) is 85.5 Å². The van der Waals surface area contributed by atoms with E-state index < -0.39 is 0 Å². The van der Waals surface area contributed by atoms with Gasteiger partial charge >= 0.3 is 0 Å². The maximum Gasteiger partial charge on any atom is 0.255 e. The summed E-state index contributed by atoms with van der Waals surface area (Å²) >= 11 is 5.90. The summed E-state index contributed by atoms with van der Waals surface area (Å²) in [6, 6.07) is 1.65. The average molecular weight is 352 g/mol. The monoisotopic (exact) mass is 351 g/mol. The van der Waals surface area contributed by atoms with Crippen molar-refractivity contribution in [2.24, 2.45) is 17.6 Å². The Bertz CT molecular complexity index is 617. The summed E-state index contributed by atoms with van der Waals surface area (Å²) < 4.78 is 5.68. The molecule has 0 unspecified atom stereocenters. The molecule has 1 aromatic rings. The zero-order chi connectivity index (χ0) is 17.1. The molecule has 3 rings (SSSR count). The van der Waals surface area contributed by atoms with Crippen LogP contribution in [0.5, 0.6) is 0 Å². The van der Waals surface area contributed by atoms with Crippen molar-refractivity contribution in [3.63, 3.8) is 0 Å². The van der Waals surface area contributed by atoms with E-state index in [1.807, 2.05) is 4.90 Å². The SMILES string of the molecule is NC(=O)[C@@H]1CCO[C@@H]1CC1CCN(C(=O)c2cncc(Cl)c2)CC1. The molecular weight excluding hydrogens is 330 g/mol. The van der Waals surface area contributed by atoms with Crippen LogP contribution in [0.1, 0.15) is 36.0 Å². The van der Waals surface area contributed by atoms with Gasteiger partial charge in [-0.25, -0.2) is 0 Å². The number of hydrogen-bond acceptors (Lipinski definition) is 4. The van der Waals surface area contributed by atoms with Gasteiger partial charge in [0.1, 0.15) is 0 Å². The third-order valence-electron chi connectivity index (χ3n) is 4.99. The van der Waals surface area contributed by atoms with E-state index in [-0.39, 0.29) is 23.8 Å². The van der Waals surface area contributed by atoms with E-state index in [1.54, 1.807) is 12.3 Å². The van der Waals surface area contributed by atoms with Crippen LogP contribution >= 0.6 is 11.6 Å². The van der Waals surface area contributed by atoms with Gasteiger partial charge in [-0.3, -0.25) is 14.6 Å². The van der Waals surface area contributed by atoms with Crippen LogP contribution in [0.15, 0.2) is 18.5 Å². The summed E-state index contributed by atoms with van der Waals surface area (Å²) in [4.78, 5) is 29.7. The fraction of sp³-hybridized carbons (Fsp3) is 0.588. The van der Waals surface area contributed by atoms with Crippen LogP contribution in [0.25, 0.3) is 0 Å². The largest absolute Gasteiger partial charge is 0.377 e. The Morgan fingerprint density at radius 3 is 2.71 bits per heavy atom. The predicted molar refractivity (Wildman–Crippen MR) is 89.5 cm³/mol. The lowest BCUT2D eigenvalue weighted by Crippen LogP contribution is -2.40. The highest BCUT2D eigenvalue weighted by atomic mass is 35.5. The summed E-state index contributed by atoms with van der Waals surface area (Å²) in [6.45, 7) is 2.01. The second-order valence-corrected chi connectivity index (χ2v) is 7.01. The summed E-state index contributed by atoms with van der Waals surface area (Å²) in [7, 11) is 0. The third kappa shape index (κ3) is 3.87. The van der Waals surface area contributed by atoms with E-state index in [2.05, 4.69) is 4.98 Å². The summed E-state index contributed by atoms with van der Waals surface area (Å²) in [5.41, 5.74) is 5.97. The normalized spacial score (nSPS) is 25.0. The van der Waals surface area contributed by atoms with Crippen molar-refractivity contribution in [3.8, 4) is 0 Å². The van der Waals surface area contributed by atoms with Gasteiger partial charge in [-0.15, -0.1) is 0 Å². The number of nitrogens with two attached hydrogens (primary N) is 1. The fourth-order valence-corrected chi connectivity index (χ4v) is 3.79. The van der Waals surface area contributed by atoms with E-state index in [0.29, 0.717) is 36.2 Å². The molecule has 2 aliphatic heterocycles. The molecule has 0 aliphatic carbocycles. The van der Waals surface area contributed by atoms with Gasteiger partial charge in [0.05, 0.1) is 22.6 Å². The van der Waals surface area contributed by atoms with Crippen LogP contribution in [0.3, 0.4) is 0 Å². The van der Waals surface area contributed by atoms with Crippen molar-refractivity contribution in [2.45, 2.75) is 31.8 Å². The van der Waals surface area contributed by atoms with Crippen molar-refractivity contribution in [1.29, 1.82) is 0 Å². The number of carbonyl (C=O) groups excluding carboxylic acids is 2. The molecule has 2 saturated heterocycles. The van der Waals surface area contributed by atoms with E-state index >= 15 is 0 Å². The summed E-state index contributed by atoms with van der Waals surface area (Å²) in [6.07, 6.45) is 6.38. The second-order valence-electron chi connectivity index (χ2n) is 6.57. The predicted octanol–water partition coefficient (Wildman–Crippen LogP) is 1.87. The molecule has 2 amide bonds. The molecule has 6 nitrogen and oxygen atoms in total. The van der Waals surface area contributed by atoms with Gasteiger partial charge in [0.15, 0.2) is 0 Å². The first-order valence-corrected chi connectivity index (χ1v) is 8.73. The van der Waals surface area contributed by atoms with Gasteiger partial charge < -0.3 is 15.4 Å². The molecule has 130 valence electrons. The van der Waals surface area contributed by atoms with Crippen molar-refractivity contribution < 1.29 is 14.3 Å². The lowest BCUT2D eigenvalue weighted by atomic mass is 9.86. The van der Waals surface area contributed by atoms with E-state index in [1.165, 1.54) is 6.20 Å². The summed E-state index contributed by atoms with van der Waals surface area (Å²) in [5.74, 6) is -0.00664. The molecule has 0 saturated carbocycles. The average Bonchev–Trinajstić information content (AvgIpc) is 3.03. The Labute approximate surface area is 146 Å². The molecule has 0 spiro atoms. The number of likely N-dealkylation sites (tertiary alicyclic amines) is 1. The lowest BCUT2D eigenvalue weighted by Gasteiger charge is -2.33. The van der Waals surface area contributed by atoms with E-state index in [9.17, 15) is 9.59 Å². The number of primary amides is 1. The minimum Gasteiger partial charge on any atom is -0.377 e. The van der Waals surface area contributed by atoms with Crippen molar-refractivity contribution in [1.82, 2.24) is 9.88 Å². The van der Waals surface area contributed by atoms with Gasteiger partial charge in [-0.1, -0.05) is 11.6 Å². The quantitative estimate of drug-likeness (QED) is 0.897. The number of pyridine rings is 1. The summed E-state index contributed by atoms with van der Waals surface area (Å²) in [5, 5.41) is 0.464. The molecule has 2 atom stereocenters. The van der Waals surface area contributed by atoms with E-state index in [0.717, 1.165) is 25.7 Å². The van der Waals surface area contributed by atoms with Gasteiger partial charge in [0.2, 0.25) is 5.91 Å². The minimum atomic E-state index is -0.265. The molecule has 0 radical (unpaired) electrons. The van der Waals surface area contributed by atoms with E-state index in [4.69, 9.17) is 22.1 Å². The number of aromatic nitrogens is 1. The van der Waals surface area contributed by atoms with Crippen LogP contribution in [0.2, 0.25) is 5.02 Å². The van der Waals surface area contributed by atoms with Crippen molar-refractivity contribution in [2.75, 3.05) is 19.7 Å². The number of piperidine rings is 1. The highest BCUT2D eigenvalue weighted by Gasteiger charge is 2.35. The van der Waals surface area contributed by atoms with Crippen LogP contribution < -0.4 is 5.73 Å².